The Morgan fingerprint density at radius 2 is 1.90 bits per heavy atom. The number of hydrogen-bond donors (Lipinski definition) is 0. The maximum absolute atomic E-state index is 12.4. The second-order valence-electron chi connectivity index (χ2n) is 5.76. The number of aromatic nitrogens is 2. The summed E-state index contributed by atoms with van der Waals surface area (Å²) < 4.78 is 1.26. The zero-order chi connectivity index (χ0) is 15.6. The lowest BCUT2D eigenvalue weighted by Gasteiger charge is -2.19. The third kappa shape index (κ3) is 3.29. The van der Waals surface area contributed by atoms with Crippen molar-refractivity contribution < 1.29 is 4.79 Å². The molecule has 0 bridgehead atoms. The first-order valence-electron chi connectivity index (χ1n) is 7.10. The molecule has 1 aromatic heterocycles. The van der Waals surface area contributed by atoms with Crippen LogP contribution in [0.3, 0.4) is 0 Å². The molecule has 0 saturated heterocycles. The van der Waals surface area contributed by atoms with E-state index in [2.05, 4.69) is 5.10 Å². The van der Waals surface area contributed by atoms with Gasteiger partial charge in [0.05, 0.1) is 11.1 Å². The molecule has 5 nitrogen and oxygen atoms in total. The number of fused-ring (bicyclic) bond motifs is 1. The lowest BCUT2D eigenvalue weighted by Crippen LogP contribution is -2.37. The molecule has 0 saturated carbocycles. The number of carbonyl (C=O) groups excluding carboxylic acids is 1. The summed E-state index contributed by atoms with van der Waals surface area (Å²) in [6.45, 7) is 6.59. The Kier molecular flexibility index (Phi) is 4.40. The molecule has 5 heteroatoms. The fourth-order valence-electron chi connectivity index (χ4n) is 2.41. The van der Waals surface area contributed by atoms with Crippen LogP contribution in [0.1, 0.15) is 19.5 Å². The first kappa shape index (κ1) is 15.2. The number of benzene rings is 1. The molecule has 0 unspecified atom stereocenters. The number of likely N-dealkylation sites (N-methyl/N-ethyl adjacent to an activating group) is 1. The highest BCUT2D eigenvalue weighted by molar-refractivity contribution is 5.83. The minimum absolute atomic E-state index is 0.0201. The minimum atomic E-state index is -0.220. The van der Waals surface area contributed by atoms with Gasteiger partial charge in [0, 0.05) is 19.0 Å². The standard InChI is InChI=1S/C16H21N3O2/c1-11(2)9-18(4)15(20)10-19-16(21)14-8-6-5-7-13(14)12(3)17-19/h5-8,11H,9-10H2,1-4H3. The average Bonchev–Trinajstić information content (AvgIpc) is 2.43. The summed E-state index contributed by atoms with van der Waals surface area (Å²) >= 11 is 0. The largest absolute Gasteiger partial charge is 0.344 e. The van der Waals surface area contributed by atoms with E-state index in [9.17, 15) is 9.59 Å². The molecule has 0 aliphatic carbocycles. The van der Waals surface area contributed by atoms with Crippen molar-refractivity contribution in [3.8, 4) is 0 Å². The van der Waals surface area contributed by atoms with Crippen molar-refractivity contribution in [3.63, 3.8) is 0 Å². The van der Waals surface area contributed by atoms with E-state index in [1.165, 1.54) is 4.68 Å². The molecular weight excluding hydrogens is 266 g/mol. The monoisotopic (exact) mass is 287 g/mol. The lowest BCUT2D eigenvalue weighted by atomic mass is 10.1. The van der Waals surface area contributed by atoms with E-state index in [1.54, 1.807) is 18.0 Å². The molecule has 0 aliphatic rings. The maximum atomic E-state index is 12.4. The Balaban J connectivity index is 2.33. The number of rotatable bonds is 4. The van der Waals surface area contributed by atoms with Gasteiger partial charge in [-0.3, -0.25) is 9.59 Å². The van der Waals surface area contributed by atoms with Crippen LogP contribution in [0.15, 0.2) is 29.1 Å². The minimum Gasteiger partial charge on any atom is -0.344 e. The van der Waals surface area contributed by atoms with E-state index in [0.717, 1.165) is 11.1 Å². The molecule has 0 spiro atoms. The second kappa shape index (κ2) is 6.08. The molecule has 0 fully saturated rings. The highest BCUT2D eigenvalue weighted by atomic mass is 16.2. The summed E-state index contributed by atoms with van der Waals surface area (Å²) in [7, 11) is 1.75. The quantitative estimate of drug-likeness (QED) is 0.862. The van der Waals surface area contributed by atoms with Gasteiger partial charge in [-0.15, -0.1) is 0 Å². The Hall–Kier alpha value is -2.17. The first-order chi connectivity index (χ1) is 9.90. The molecule has 1 amide bonds. The van der Waals surface area contributed by atoms with E-state index in [1.807, 2.05) is 39.0 Å². The normalized spacial score (nSPS) is 11.1. The number of hydrogen-bond acceptors (Lipinski definition) is 3. The van der Waals surface area contributed by atoms with Gasteiger partial charge in [-0.05, 0) is 18.9 Å². The Labute approximate surface area is 124 Å². The predicted octanol–water partition coefficient (Wildman–Crippen LogP) is 1.82. The van der Waals surface area contributed by atoms with E-state index in [4.69, 9.17) is 0 Å². The Morgan fingerprint density at radius 3 is 2.52 bits per heavy atom. The van der Waals surface area contributed by atoms with Crippen molar-refractivity contribution in [2.24, 2.45) is 5.92 Å². The van der Waals surface area contributed by atoms with Crippen LogP contribution in [0, 0.1) is 12.8 Å². The van der Waals surface area contributed by atoms with E-state index in [0.29, 0.717) is 17.8 Å². The summed E-state index contributed by atoms with van der Waals surface area (Å²) in [5.41, 5.74) is 0.534. The third-order valence-corrected chi connectivity index (χ3v) is 3.40. The van der Waals surface area contributed by atoms with Gasteiger partial charge >= 0.3 is 0 Å². The Morgan fingerprint density at radius 1 is 1.29 bits per heavy atom. The van der Waals surface area contributed by atoms with Gasteiger partial charge in [-0.25, -0.2) is 4.68 Å². The molecule has 0 radical (unpaired) electrons. The van der Waals surface area contributed by atoms with E-state index >= 15 is 0 Å². The molecule has 112 valence electrons. The van der Waals surface area contributed by atoms with Gasteiger partial charge in [0.2, 0.25) is 5.91 Å². The van der Waals surface area contributed by atoms with E-state index in [-0.39, 0.29) is 18.0 Å². The van der Waals surface area contributed by atoms with Crippen LogP contribution in [0.2, 0.25) is 0 Å². The second-order valence-corrected chi connectivity index (χ2v) is 5.76. The van der Waals surface area contributed by atoms with Crippen LogP contribution >= 0.6 is 0 Å². The Bertz CT molecular complexity index is 719. The van der Waals surface area contributed by atoms with Crippen LogP contribution in [0.25, 0.3) is 10.8 Å². The first-order valence-corrected chi connectivity index (χ1v) is 7.10. The fraction of sp³-hybridized carbons (Fsp3) is 0.438. The molecule has 2 aromatic rings. The smallest absolute Gasteiger partial charge is 0.275 e. The lowest BCUT2D eigenvalue weighted by molar-refractivity contribution is -0.131. The van der Waals surface area contributed by atoms with Crippen LogP contribution in [-0.2, 0) is 11.3 Å². The molecule has 2 rings (SSSR count). The summed E-state index contributed by atoms with van der Waals surface area (Å²) in [6.07, 6.45) is 0. The molecule has 0 aliphatic heterocycles. The van der Waals surface area contributed by atoms with Crippen molar-refractivity contribution >= 4 is 16.7 Å². The summed E-state index contributed by atoms with van der Waals surface area (Å²) in [5, 5.41) is 5.70. The van der Waals surface area contributed by atoms with Crippen molar-refractivity contribution in [1.29, 1.82) is 0 Å². The summed E-state index contributed by atoms with van der Waals surface area (Å²) in [4.78, 5) is 26.2. The van der Waals surface area contributed by atoms with Gasteiger partial charge in [0.1, 0.15) is 6.54 Å². The number of aryl methyl sites for hydroxylation is 1. The SMILES string of the molecule is Cc1nn(CC(=O)N(C)CC(C)C)c(=O)c2ccccc12. The van der Waals surface area contributed by atoms with Crippen molar-refractivity contribution in [3.05, 3.63) is 40.3 Å². The number of amides is 1. The van der Waals surface area contributed by atoms with Crippen LogP contribution in [0.4, 0.5) is 0 Å². The van der Waals surface area contributed by atoms with Gasteiger partial charge in [0.25, 0.3) is 5.56 Å². The maximum Gasteiger partial charge on any atom is 0.275 e. The van der Waals surface area contributed by atoms with E-state index < -0.39 is 0 Å². The molecule has 0 N–H and O–H groups in total. The van der Waals surface area contributed by atoms with Crippen molar-refractivity contribution in [2.75, 3.05) is 13.6 Å². The van der Waals surface area contributed by atoms with Gasteiger partial charge in [-0.1, -0.05) is 32.0 Å². The summed E-state index contributed by atoms with van der Waals surface area (Å²) in [6, 6.07) is 7.34. The van der Waals surface area contributed by atoms with Crippen molar-refractivity contribution in [2.45, 2.75) is 27.3 Å². The molecule has 21 heavy (non-hydrogen) atoms. The van der Waals surface area contributed by atoms with Gasteiger partial charge < -0.3 is 4.90 Å². The third-order valence-electron chi connectivity index (χ3n) is 3.40. The van der Waals surface area contributed by atoms with Crippen molar-refractivity contribution in [1.82, 2.24) is 14.7 Å². The predicted molar refractivity (Wildman–Crippen MR) is 83.2 cm³/mol. The molecule has 1 heterocycles. The van der Waals surface area contributed by atoms with Crippen LogP contribution < -0.4 is 5.56 Å². The van der Waals surface area contributed by atoms with Gasteiger partial charge in [0.15, 0.2) is 0 Å². The zero-order valence-corrected chi connectivity index (χ0v) is 13.0. The average molecular weight is 287 g/mol. The number of nitrogens with zero attached hydrogens (tertiary/aromatic N) is 3. The zero-order valence-electron chi connectivity index (χ0n) is 13.0. The van der Waals surface area contributed by atoms with Crippen LogP contribution in [-0.4, -0.2) is 34.2 Å². The highest BCUT2D eigenvalue weighted by Crippen LogP contribution is 2.11. The highest BCUT2D eigenvalue weighted by Gasteiger charge is 2.14. The topological polar surface area (TPSA) is 55.2 Å². The van der Waals surface area contributed by atoms with Crippen LogP contribution in [0.5, 0.6) is 0 Å². The fourth-order valence-corrected chi connectivity index (χ4v) is 2.41. The molecular formula is C16H21N3O2. The summed E-state index contributed by atoms with van der Waals surface area (Å²) in [5.74, 6) is 0.287. The van der Waals surface area contributed by atoms with Gasteiger partial charge in [-0.2, -0.15) is 5.10 Å². The number of carbonyl (C=O) groups is 1. The molecule has 1 aromatic carbocycles. The molecule has 0 atom stereocenters.